The zero-order valence-electron chi connectivity index (χ0n) is 10.5. The number of benzene rings is 1. The van der Waals surface area contributed by atoms with Gasteiger partial charge in [0.1, 0.15) is 5.84 Å². The van der Waals surface area contributed by atoms with Crippen molar-refractivity contribution in [3.05, 3.63) is 53.2 Å². The molecule has 19 heavy (non-hydrogen) atoms. The standard InChI is InChI=1S/C14H15N5/c15-13(16)12-5-7-17-18-14(12)19-8-6-10-3-1-2-4-11(10)9-19/h1-5,7H,6,8-9H2,(H3,15,16). The van der Waals surface area contributed by atoms with Crippen LogP contribution in [0.15, 0.2) is 36.5 Å². The van der Waals surface area contributed by atoms with Gasteiger partial charge in [0.25, 0.3) is 0 Å². The van der Waals surface area contributed by atoms with Crippen LogP contribution in [-0.4, -0.2) is 22.6 Å². The molecule has 0 saturated heterocycles. The predicted octanol–water partition coefficient (Wildman–Crippen LogP) is 1.32. The van der Waals surface area contributed by atoms with Crippen molar-refractivity contribution >= 4 is 11.7 Å². The number of rotatable bonds is 2. The number of nitrogens with zero attached hydrogens (tertiary/aromatic N) is 3. The molecule has 1 aliphatic heterocycles. The second-order valence-electron chi connectivity index (χ2n) is 4.62. The highest BCUT2D eigenvalue weighted by atomic mass is 15.3. The molecule has 0 spiro atoms. The predicted molar refractivity (Wildman–Crippen MR) is 74.2 cm³/mol. The fraction of sp³-hybridized carbons (Fsp3) is 0.214. The van der Waals surface area contributed by atoms with E-state index in [1.54, 1.807) is 12.3 Å². The summed E-state index contributed by atoms with van der Waals surface area (Å²) in [7, 11) is 0. The molecule has 3 N–H and O–H groups in total. The fourth-order valence-corrected chi connectivity index (χ4v) is 2.44. The van der Waals surface area contributed by atoms with Crippen molar-refractivity contribution < 1.29 is 0 Å². The summed E-state index contributed by atoms with van der Waals surface area (Å²) in [4.78, 5) is 2.13. The number of aromatic nitrogens is 2. The minimum atomic E-state index is 0.0313. The van der Waals surface area contributed by atoms with Gasteiger partial charge in [-0.1, -0.05) is 24.3 Å². The zero-order chi connectivity index (χ0) is 13.2. The van der Waals surface area contributed by atoms with Gasteiger partial charge in [0.2, 0.25) is 0 Å². The van der Waals surface area contributed by atoms with E-state index in [4.69, 9.17) is 11.1 Å². The number of nitrogens with one attached hydrogen (secondary N) is 1. The molecule has 2 heterocycles. The maximum Gasteiger partial charge on any atom is 0.162 e. The Kier molecular flexibility index (Phi) is 2.87. The molecule has 1 aliphatic rings. The van der Waals surface area contributed by atoms with Gasteiger partial charge in [-0.15, -0.1) is 5.10 Å². The van der Waals surface area contributed by atoms with E-state index in [0.717, 1.165) is 19.5 Å². The van der Waals surface area contributed by atoms with Crippen LogP contribution in [0.5, 0.6) is 0 Å². The number of hydrogen-bond acceptors (Lipinski definition) is 4. The average Bonchev–Trinajstić information content (AvgIpc) is 2.46. The Bertz CT molecular complexity index is 623. The molecule has 0 atom stereocenters. The third-order valence-corrected chi connectivity index (χ3v) is 3.42. The van der Waals surface area contributed by atoms with Crippen molar-refractivity contribution in [2.75, 3.05) is 11.4 Å². The molecule has 1 aromatic carbocycles. The summed E-state index contributed by atoms with van der Waals surface area (Å²) in [5, 5.41) is 15.7. The molecule has 5 nitrogen and oxygen atoms in total. The maximum atomic E-state index is 7.62. The first kappa shape index (κ1) is 11.6. The van der Waals surface area contributed by atoms with E-state index in [1.165, 1.54) is 11.1 Å². The molecule has 0 fully saturated rings. The zero-order valence-corrected chi connectivity index (χ0v) is 10.5. The van der Waals surface area contributed by atoms with E-state index in [2.05, 4.69) is 33.3 Å². The largest absolute Gasteiger partial charge is 0.384 e. The third-order valence-electron chi connectivity index (χ3n) is 3.42. The number of anilines is 1. The second kappa shape index (κ2) is 4.68. The molecule has 1 aromatic heterocycles. The molecule has 0 unspecified atom stereocenters. The Morgan fingerprint density at radius 2 is 2.00 bits per heavy atom. The van der Waals surface area contributed by atoms with Crippen molar-refractivity contribution in [2.45, 2.75) is 13.0 Å². The summed E-state index contributed by atoms with van der Waals surface area (Å²) in [6.07, 6.45) is 2.54. The Labute approximate surface area is 111 Å². The average molecular weight is 253 g/mol. The summed E-state index contributed by atoms with van der Waals surface area (Å²) < 4.78 is 0. The highest BCUT2D eigenvalue weighted by Gasteiger charge is 2.20. The summed E-state index contributed by atoms with van der Waals surface area (Å²) >= 11 is 0. The van der Waals surface area contributed by atoms with Gasteiger partial charge in [-0.2, -0.15) is 5.10 Å². The molecule has 0 aliphatic carbocycles. The smallest absolute Gasteiger partial charge is 0.162 e. The van der Waals surface area contributed by atoms with Gasteiger partial charge in [-0.05, 0) is 23.6 Å². The summed E-state index contributed by atoms with van der Waals surface area (Å²) in [6, 6.07) is 10.1. The number of nitrogens with two attached hydrogens (primary N) is 1. The Morgan fingerprint density at radius 1 is 1.21 bits per heavy atom. The molecule has 0 amide bonds. The minimum absolute atomic E-state index is 0.0313. The van der Waals surface area contributed by atoms with Gasteiger partial charge in [0, 0.05) is 13.1 Å². The van der Waals surface area contributed by atoms with E-state index < -0.39 is 0 Å². The number of fused-ring (bicyclic) bond motifs is 1. The van der Waals surface area contributed by atoms with Crippen LogP contribution in [0.3, 0.4) is 0 Å². The normalized spacial score (nSPS) is 14.0. The quantitative estimate of drug-likeness (QED) is 0.625. The van der Waals surface area contributed by atoms with Gasteiger partial charge in [0.05, 0.1) is 11.8 Å². The summed E-state index contributed by atoms with van der Waals surface area (Å²) in [5.74, 6) is 0.730. The minimum Gasteiger partial charge on any atom is -0.384 e. The number of hydrogen-bond donors (Lipinski definition) is 2. The SMILES string of the molecule is N=C(N)c1ccnnc1N1CCc2ccccc2C1. The first-order valence-corrected chi connectivity index (χ1v) is 6.23. The van der Waals surface area contributed by atoms with Crippen molar-refractivity contribution in [2.24, 2.45) is 5.73 Å². The Hall–Kier alpha value is -2.43. The summed E-state index contributed by atoms with van der Waals surface area (Å²) in [5.41, 5.74) is 8.93. The molecule has 0 saturated carbocycles. The Morgan fingerprint density at radius 3 is 2.79 bits per heavy atom. The second-order valence-corrected chi connectivity index (χ2v) is 4.62. The van der Waals surface area contributed by atoms with E-state index in [1.807, 2.05) is 6.07 Å². The highest BCUT2D eigenvalue weighted by Crippen LogP contribution is 2.24. The van der Waals surface area contributed by atoms with Crippen molar-refractivity contribution in [1.82, 2.24) is 10.2 Å². The highest BCUT2D eigenvalue weighted by molar-refractivity contribution is 5.99. The lowest BCUT2D eigenvalue weighted by Gasteiger charge is -2.30. The molecular formula is C14H15N5. The van der Waals surface area contributed by atoms with Crippen molar-refractivity contribution in [3.8, 4) is 0 Å². The van der Waals surface area contributed by atoms with Crippen LogP contribution in [0, 0.1) is 5.41 Å². The lowest BCUT2D eigenvalue weighted by atomic mass is 9.99. The van der Waals surface area contributed by atoms with E-state index in [9.17, 15) is 0 Å². The van der Waals surface area contributed by atoms with Gasteiger partial charge < -0.3 is 10.6 Å². The Balaban J connectivity index is 1.95. The molecule has 3 rings (SSSR count). The summed E-state index contributed by atoms with van der Waals surface area (Å²) in [6.45, 7) is 1.66. The van der Waals surface area contributed by atoms with Crippen molar-refractivity contribution in [1.29, 1.82) is 5.41 Å². The molecular weight excluding hydrogens is 238 g/mol. The van der Waals surface area contributed by atoms with Crippen LogP contribution in [-0.2, 0) is 13.0 Å². The van der Waals surface area contributed by atoms with Crippen LogP contribution in [0.1, 0.15) is 16.7 Å². The molecule has 0 bridgehead atoms. The van der Waals surface area contributed by atoms with Crippen molar-refractivity contribution in [3.63, 3.8) is 0 Å². The lowest BCUT2D eigenvalue weighted by molar-refractivity contribution is 0.711. The lowest BCUT2D eigenvalue weighted by Crippen LogP contribution is -2.33. The van der Waals surface area contributed by atoms with Gasteiger partial charge in [0.15, 0.2) is 5.82 Å². The number of nitrogen functional groups attached to an aromatic ring is 1. The van der Waals surface area contributed by atoms with Crippen LogP contribution in [0.25, 0.3) is 0 Å². The molecule has 5 heteroatoms. The van der Waals surface area contributed by atoms with E-state index in [-0.39, 0.29) is 5.84 Å². The maximum absolute atomic E-state index is 7.62. The van der Waals surface area contributed by atoms with Gasteiger partial charge >= 0.3 is 0 Å². The van der Waals surface area contributed by atoms with E-state index >= 15 is 0 Å². The topological polar surface area (TPSA) is 78.9 Å². The monoisotopic (exact) mass is 253 g/mol. The van der Waals surface area contributed by atoms with E-state index in [0.29, 0.717) is 11.4 Å². The first-order valence-electron chi connectivity index (χ1n) is 6.23. The number of amidine groups is 1. The van der Waals surface area contributed by atoms with Crippen LogP contribution >= 0.6 is 0 Å². The first-order chi connectivity index (χ1) is 9.25. The van der Waals surface area contributed by atoms with Crippen LogP contribution < -0.4 is 10.6 Å². The third kappa shape index (κ3) is 2.14. The van der Waals surface area contributed by atoms with Gasteiger partial charge in [-0.3, -0.25) is 5.41 Å². The molecule has 2 aromatic rings. The molecule has 96 valence electrons. The molecule has 0 radical (unpaired) electrons. The fourth-order valence-electron chi connectivity index (χ4n) is 2.44. The van der Waals surface area contributed by atoms with Gasteiger partial charge in [-0.25, -0.2) is 0 Å². The van der Waals surface area contributed by atoms with Crippen LogP contribution in [0.4, 0.5) is 5.82 Å². The van der Waals surface area contributed by atoms with Crippen LogP contribution in [0.2, 0.25) is 0 Å².